The molecule has 2 aromatic heterocycles. The zero-order valence-corrected chi connectivity index (χ0v) is 8.81. The molecule has 0 aliphatic rings. The van der Waals surface area contributed by atoms with Crippen LogP contribution in [-0.4, -0.2) is 26.8 Å². The molecule has 0 bridgehead atoms. The Balaban J connectivity index is 2.43. The van der Waals surface area contributed by atoms with Crippen LogP contribution in [0.5, 0.6) is 0 Å². The second-order valence-corrected chi connectivity index (χ2v) is 3.30. The second-order valence-electron chi connectivity index (χ2n) is 3.30. The van der Waals surface area contributed by atoms with Gasteiger partial charge < -0.3 is 5.32 Å². The van der Waals surface area contributed by atoms with Gasteiger partial charge in [-0.3, -0.25) is 14.6 Å². The molecule has 1 N–H and O–H groups in total. The van der Waals surface area contributed by atoms with Gasteiger partial charge in [-0.1, -0.05) is 0 Å². The molecule has 0 spiro atoms. The molecule has 2 rings (SSSR count). The Morgan fingerprint density at radius 3 is 2.93 bits per heavy atom. The van der Waals surface area contributed by atoms with Gasteiger partial charge in [0.1, 0.15) is 11.4 Å². The standard InChI is InChI=1S/C10H13N5/c1-11-5-8-7-15(2)14-10(8)9-6-12-3-4-13-9/h3-4,6-7,11H,5H2,1-2H3. The van der Waals surface area contributed by atoms with Crippen molar-refractivity contribution < 1.29 is 0 Å². The Labute approximate surface area is 88.2 Å². The predicted molar refractivity (Wildman–Crippen MR) is 57.0 cm³/mol. The fraction of sp³-hybridized carbons (Fsp3) is 0.300. The molecule has 0 aliphatic carbocycles. The lowest BCUT2D eigenvalue weighted by Gasteiger charge is -1.99. The summed E-state index contributed by atoms with van der Waals surface area (Å²) in [7, 11) is 3.81. The zero-order chi connectivity index (χ0) is 10.7. The molecule has 0 saturated heterocycles. The first-order chi connectivity index (χ1) is 7.31. The van der Waals surface area contributed by atoms with E-state index >= 15 is 0 Å². The van der Waals surface area contributed by atoms with Gasteiger partial charge in [0.05, 0.1) is 6.20 Å². The lowest BCUT2D eigenvalue weighted by Crippen LogP contribution is -2.05. The molecule has 0 aliphatic heterocycles. The second kappa shape index (κ2) is 4.18. The Morgan fingerprint density at radius 1 is 1.40 bits per heavy atom. The van der Waals surface area contributed by atoms with Crippen molar-refractivity contribution in [2.45, 2.75) is 6.54 Å². The van der Waals surface area contributed by atoms with Crippen LogP contribution in [0.15, 0.2) is 24.8 Å². The zero-order valence-electron chi connectivity index (χ0n) is 8.81. The van der Waals surface area contributed by atoms with Crippen molar-refractivity contribution in [1.29, 1.82) is 0 Å². The van der Waals surface area contributed by atoms with Gasteiger partial charge in [-0.15, -0.1) is 0 Å². The lowest BCUT2D eigenvalue weighted by molar-refractivity contribution is 0.765. The van der Waals surface area contributed by atoms with E-state index in [1.54, 1.807) is 23.3 Å². The summed E-state index contributed by atoms with van der Waals surface area (Å²) in [5, 5.41) is 7.48. The van der Waals surface area contributed by atoms with E-state index in [1.165, 1.54) is 0 Å². The van der Waals surface area contributed by atoms with Crippen molar-refractivity contribution in [1.82, 2.24) is 25.1 Å². The maximum atomic E-state index is 4.37. The van der Waals surface area contributed by atoms with E-state index in [9.17, 15) is 0 Å². The van der Waals surface area contributed by atoms with Crippen molar-refractivity contribution >= 4 is 0 Å². The quantitative estimate of drug-likeness (QED) is 0.793. The van der Waals surface area contributed by atoms with E-state index in [4.69, 9.17) is 0 Å². The molecular weight excluding hydrogens is 190 g/mol. The molecule has 0 aromatic carbocycles. The molecule has 0 saturated carbocycles. The molecule has 0 radical (unpaired) electrons. The van der Waals surface area contributed by atoms with Crippen LogP contribution in [0.25, 0.3) is 11.4 Å². The Morgan fingerprint density at radius 2 is 2.27 bits per heavy atom. The third-order valence-electron chi connectivity index (χ3n) is 2.08. The molecule has 78 valence electrons. The highest BCUT2D eigenvalue weighted by Crippen LogP contribution is 2.18. The third-order valence-corrected chi connectivity index (χ3v) is 2.08. The van der Waals surface area contributed by atoms with E-state index in [0.29, 0.717) is 0 Å². The molecular formula is C10H13N5. The highest BCUT2D eigenvalue weighted by molar-refractivity contribution is 5.56. The summed E-state index contributed by atoms with van der Waals surface area (Å²) in [6.07, 6.45) is 7.04. The van der Waals surface area contributed by atoms with Crippen molar-refractivity contribution in [3.8, 4) is 11.4 Å². The maximum absolute atomic E-state index is 4.37. The SMILES string of the molecule is CNCc1cn(C)nc1-c1cnccn1. The Hall–Kier alpha value is -1.75. The maximum Gasteiger partial charge on any atom is 0.117 e. The average Bonchev–Trinajstić information content (AvgIpc) is 2.62. The first kappa shape index (κ1) is 9.79. The van der Waals surface area contributed by atoms with Crippen LogP contribution in [0.1, 0.15) is 5.56 Å². The van der Waals surface area contributed by atoms with E-state index < -0.39 is 0 Å². The highest BCUT2D eigenvalue weighted by Gasteiger charge is 2.10. The fourth-order valence-electron chi connectivity index (χ4n) is 1.49. The summed E-state index contributed by atoms with van der Waals surface area (Å²) in [4.78, 5) is 8.28. The lowest BCUT2D eigenvalue weighted by atomic mass is 10.2. The first-order valence-corrected chi connectivity index (χ1v) is 4.75. The summed E-state index contributed by atoms with van der Waals surface area (Å²) in [6, 6.07) is 0. The van der Waals surface area contributed by atoms with Gasteiger partial charge in [0, 0.05) is 37.7 Å². The minimum absolute atomic E-state index is 0.778. The van der Waals surface area contributed by atoms with Gasteiger partial charge in [0.2, 0.25) is 0 Å². The summed E-state index contributed by atoms with van der Waals surface area (Å²) in [6.45, 7) is 0.778. The summed E-state index contributed by atoms with van der Waals surface area (Å²) in [5.74, 6) is 0. The van der Waals surface area contributed by atoms with Crippen LogP contribution in [0.4, 0.5) is 0 Å². The smallest absolute Gasteiger partial charge is 0.117 e. The molecule has 2 heterocycles. The third kappa shape index (κ3) is 2.02. The topological polar surface area (TPSA) is 55.6 Å². The van der Waals surface area contributed by atoms with E-state index in [0.717, 1.165) is 23.5 Å². The van der Waals surface area contributed by atoms with Crippen LogP contribution in [0.2, 0.25) is 0 Å². The number of nitrogens with one attached hydrogen (secondary N) is 1. The van der Waals surface area contributed by atoms with Gasteiger partial charge >= 0.3 is 0 Å². The van der Waals surface area contributed by atoms with E-state index in [-0.39, 0.29) is 0 Å². The normalized spacial score (nSPS) is 10.5. The molecule has 0 unspecified atom stereocenters. The van der Waals surface area contributed by atoms with Gasteiger partial charge in [-0.2, -0.15) is 5.10 Å². The van der Waals surface area contributed by atoms with E-state index in [2.05, 4.69) is 20.4 Å². The van der Waals surface area contributed by atoms with Gasteiger partial charge in [-0.25, -0.2) is 0 Å². The van der Waals surface area contributed by atoms with Gasteiger partial charge in [-0.05, 0) is 7.05 Å². The number of aryl methyl sites for hydroxylation is 1. The Kier molecular flexibility index (Phi) is 2.73. The number of hydrogen-bond donors (Lipinski definition) is 1. The van der Waals surface area contributed by atoms with Crippen molar-refractivity contribution in [3.63, 3.8) is 0 Å². The van der Waals surface area contributed by atoms with Crippen molar-refractivity contribution in [2.75, 3.05) is 7.05 Å². The minimum Gasteiger partial charge on any atom is -0.316 e. The fourth-order valence-corrected chi connectivity index (χ4v) is 1.49. The molecule has 0 atom stereocenters. The minimum atomic E-state index is 0.778. The van der Waals surface area contributed by atoms with Crippen LogP contribution >= 0.6 is 0 Å². The van der Waals surface area contributed by atoms with E-state index in [1.807, 2.05) is 20.3 Å². The van der Waals surface area contributed by atoms with Crippen LogP contribution in [0.3, 0.4) is 0 Å². The molecule has 5 nitrogen and oxygen atoms in total. The summed E-state index contributed by atoms with van der Waals surface area (Å²) in [5.41, 5.74) is 2.82. The number of rotatable bonds is 3. The number of hydrogen-bond acceptors (Lipinski definition) is 4. The average molecular weight is 203 g/mol. The van der Waals surface area contributed by atoms with Crippen molar-refractivity contribution in [2.24, 2.45) is 7.05 Å². The summed E-state index contributed by atoms with van der Waals surface area (Å²) < 4.78 is 1.79. The molecule has 2 aromatic rings. The largest absolute Gasteiger partial charge is 0.316 e. The number of aromatic nitrogens is 4. The highest BCUT2D eigenvalue weighted by atomic mass is 15.3. The van der Waals surface area contributed by atoms with Gasteiger partial charge in [0.15, 0.2) is 0 Å². The Bertz CT molecular complexity index is 434. The van der Waals surface area contributed by atoms with Crippen LogP contribution in [0, 0.1) is 0 Å². The van der Waals surface area contributed by atoms with Crippen molar-refractivity contribution in [3.05, 3.63) is 30.4 Å². The molecule has 5 heteroatoms. The van der Waals surface area contributed by atoms with Gasteiger partial charge in [0.25, 0.3) is 0 Å². The van der Waals surface area contributed by atoms with Crippen LogP contribution in [-0.2, 0) is 13.6 Å². The van der Waals surface area contributed by atoms with Crippen LogP contribution < -0.4 is 5.32 Å². The molecule has 15 heavy (non-hydrogen) atoms. The molecule has 0 amide bonds. The summed E-state index contributed by atoms with van der Waals surface area (Å²) >= 11 is 0. The first-order valence-electron chi connectivity index (χ1n) is 4.75. The molecule has 0 fully saturated rings. The number of nitrogens with zero attached hydrogens (tertiary/aromatic N) is 4. The predicted octanol–water partition coefficient (Wildman–Crippen LogP) is 0.596. The monoisotopic (exact) mass is 203 g/mol.